The van der Waals surface area contributed by atoms with Crippen molar-refractivity contribution in [3.8, 4) is 0 Å². The Morgan fingerprint density at radius 3 is 1.00 bits per heavy atom. The number of amidine groups is 2. The molecule has 0 aliphatic carbocycles. The van der Waals surface area contributed by atoms with Crippen molar-refractivity contribution in [3.05, 3.63) is 0 Å². The van der Waals surface area contributed by atoms with Crippen LogP contribution in [0.25, 0.3) is 0 Å². The first kappa shape index (κ1) is 15.7. The van der Waals surface area contributed by atoms with Crippen molar-refractivity contribution in [2.75, 3.05) is 0 Å². The van der Waals surface area contributed by atoms with Crippen molar-refractivity contribution >= 4 is 24.1 Å². The maximum atomic E-state index is 6.28. The predicted octanol–water partition coefficient (Wildman–Crippen LogP) is 0.306. The van der Waals surface area contributed by atoms with Crippen LogP contribution < -0.4 is 11.5 Å². The van der Waals surface area contributed by atoms with E-state index in [9.17, 15) is 0 Å². The Morgan fingerprint density at radius 1 is 1.00 bits per heavy atom. The molecule has 0 aliphatic rings. The third kappa shape index (κ3) is 334. The summed E-state index contributed by atoms with van der Waals surface area (Å²) in [5, 5.41) is 12.6. The van der Waals surface area contributed by atoms with Gasteiger partial charge in [-0.05, 0) is 13.8 Å². The number of nitrogens with two attached hydrogens (primary N) is 2. The van der Waals surface area contributed by atoms with E-state index >= 15 is 0 Å². The Balaban J connectivity index is -0.0000000720. The van der Waals surface area contributed by atoms with E-state index < -0.39 is 0 Å². The molecule has 0 aliphatic heterocycles. The third-order valence-corrected chi connectivity index (χ3v) is 0. The normalized spacial score (nSPS) is 5.56. The van der Waals surface area contributed by atoms with Gasteiger partial charge in [-0.3, -0.25) is 10.8 Å². The first-order valence-corrected chi connectivity index (χ1v) is 2.08. The molecule has 0 aromatic heterocycles. The van der Waals surface area contributed by atoms with E-state index in [-0.39, 0.29) is 24.1 Å². The minimum Gasteiger partial charge on any atom is -0.388 e. The van der Waals surface area contributed by atoms with Crippen molar-refractivity contribution in [3.63, 3.8) is 0 Å². The quantitative estimate of drug-likeness (QED) is 0.297. The lowest BCUT2D eigenvalue weighted by Crippen LogP contribution is -2.00. The molecule has 0 bridgehead atoms. The van der Waals surface area contributed by atoms with E-state index in [2.05, 4.69) is 0 Å². The van der Waals surface area contributed by atoms with Gasteiger partial charge in [-0.25, -0.2) is 0 Å². The summed E-state index contributed by atoms with van der Waals surface area (Å²) in [5.74, 6) is 0.333. The molecular formula is C4H13ClN4. The average Bonchev–Trinajstić information content (AvgIpc) is 1.25. The number of rotatable bonds is 0. The van der Waals surface area contributed by atoms with Gasteiger partial charge >= 0.3 is 0 Å². The summed E-state index contributed by atoms with van der Waals surface area (Å²) in [5.41, 5.74) is 9.39. The molecule has 0 saturated carbocycles. The lowest BCUT2D eigenvalue weighted by atomic mass is 10.8. The highest BCUT2D eigenvalue weighted by Gasteiger charge is 1.54. The van der Waals surface area contributed by atoms with Crippen molar-refractivity contribution < 1.29 is 0 Å². The van der Waals surface area contributed by atoms with Gasteiger partial charge in [0.2, 0.25) is 0 Å². The standard InChI is InChI=1S/2C2H6N2.ClH/c2*1-2(3)4;/h2*1H3,(H3,3,4);1H. The van der Waals surface area contributed by atoms with E-state index in [1.165, 1.54) is 13.8 Å². The maximum absolute atomic E-state index is 6.28. The molecule has 0 aromatic rings. The van der Waals surface area contributed by atoms with Crippen LogP contribution in [-0.4, -0.2) is 11.7 Å². The summed E-state index contributed by atoms with van der Waals surface area (Å²) in [4.78, 5) is 0. The molecule has 9 heavy (non-hydrogen) atoms. The fourth-order valence-electron chi connectivity index (χ4n) is 0. The smallest absolute Gasteiger partial charge is 0.0873 e. The molecule has 0 radical (unpaired) electrons. The largest absolute Gasteiger partial charge is 0.388 e. The van der Waals surface area contributed by atoms with Crippen LogP contribution in [0.15, 0.2) is 0 Å². The average molecular weight is 153 g/mol. The third-order valence-electron chi connectivity index (χ3n) is 0. The first-order valence-electron chi connectivity index (χ1n) is 2.08. The molecule has 5 heteroatoms. The van der Waals surface area contributed by atoms with Crippen molar-refractivity contribution in [1.29, 1.82) is 10.8 Å². The molecule has 0 aromatic carbocycles. The summed E-state index contributed by atoms with van der Waals surface area (Å²) in [7, 11) is 0. The highest BCUT2D eigenvalue weighted by atomic mass is 35.5. The second-order valence-corrected chi connectivity index (χ2v) is 1.37. The second-order valence-electron chi connectivity index (χ2n) is 1.37. The predicted molar refractivity (Wildman–Crippen MR) is 42.4 cm³/mol. The zero-order valence-electron chi connectivity index (χ0n) is 5.56. The zero-order valence-corrected chi connectivity index (χ0v) is 6.38. The Morgan fingerprint density at radius 2 is 1.00 bits per heavy atom. The monoisotopic (exact) mass is 152 g/mol. The summed E-state index contributed by atoms with van der Waals surface area (Å²) in [6.45, 7) is 3.06. The zero-order chi connectivity index (χ0) is 7.15. The molecule has 0 heterocycles. The molecule has 0 spiro atoms. The lowest BCUT2D eigenvalue weighted by Gasteiger charge is -1.66. The molecule has 0 atom stereocenters. The molecule has 56 valence electrons. The van der Waals surface area contributed by atoms with Gasteiger partial charge < -0.3 is 11.5 Å². The van der Waals surface area contributed by atoms with E-state index in [0.717, 1.165) is 0 Å². The van der Waals surface area contributed by atoms with Gasteiger partial charge in [-0.1, -0.05) is 0 Å². The van der Waals surface area contributed by atoms with Gasteiger partial charge in [0, 0.05) is 0 Å². The van der Waals surface area contributed by atoms with Crippen LogP contribution in [0, 0.1) is 10.8 Å². The maximum Gasteiger partial charge on any atom is 0.0873 e. The summed E-state index contributed by atoms with van der Waals surface area (Å²) in [6, 6.07) is 0. The van der Waals surface area contributed by atoms with Crippen LogP contribution in [0.4, 0.5) is 0 Å². The fraction of sp³-hybridized carbons (Fsp3) is 0.500. The number of halogens is 1. The Labute approximate surface area is 61.0 Å². The minimum atomic E-state index is 0. The van der Waals surface area contributed by atoms with Crippen molar-refractivity contribution in [2.45, 2.75) is 13.8 Å². The van der Waals surface area contributed by atoms with Gasteiger partial charge in [0.1, 0.15) is 0 Å². The molecule has 4 nitrogen and oxygen atoms in total. The topological polar surface area (TPSA) is 99.7 Å². The lowest BCUT2D eigenvalue weighted by molar-refractivity contribution is 1.42. The highest BCUT2D eigenvalue weighted by molar-refractivity contribution is 5.85. The van der Waals surface area contributed by atoms with Crippen LogP contribution in [-0.2, 0) is 0 Å². The molecule has 0 fully saturated rings. The molecule has 0 saturated heterocycles. The van der Waals surface area contributed by atoms with Crippen LogP contribution in [0.5, 0.6) is 0 Å². The van der Waals surface area contributed by atoms with Crippen molar-refractivity contribution in [2.24, 2.45) is 11.5 Å². The van der Waals surface area contributed by atoms with E-state index in [4.69, 9.17) is 22.3 Å². The summed E-state index contributed by atoms with van der Waals surface area (Å²) < 4.78 is 0. The van der Waals surface area contributed by atoms with E-state index in [1.807, 2.05) is 0 Å². The van der Waals surface area contributed by atoms with E-state index in [0.29, 0.717) is 0 Å². The number of hydrogen-bond donors (Lipinski definition) is 4. The molecule has 6 N–H and O–H groups in total. The molecule has 0 rings (SSSR count). The molecule has 0 unspecified atom stereocenters. The summed E-state index contributed by atoms with van der Waals surface area (Å²) >= 11 is 0. The minimum absolute atomic E-state index is 0. The second kappa shape index (κ2) is 10.3. The Kier molecular flexibility index (Phi) is 17.9. The molecular weight excluding hydrogens is 140 g/mol. The Bertz CT molecular complexity index is 70.6. The van der Waals surface area contributed by atoms with Crippen LogP contribution >= 0.6 is 12.4 Å². The van der Waals surface area contributed by atoms with Crippen LogP contribution in [0.2, 0.25) is 0 Å². The first-order chi connectivity index (χ1) is 3.46. The van der Waals surface area contributed by atoms with E-state index in [1.54, 1.807) is 0 Å². The van der Waals surface area contributed by atoms with Gasteiger partial charge in [0.25, 0.3) is 0 Å². The van der Waals surface area contributed by atoms with Gasteiger partial charge in [0.05, 0.1) is 11.7 Å². The van der Waals surface area contributed by atoms with Crippen LogP contribution in [0.3, 0.4) is 0 Å². The molecule has 0 amide bonds. The van der Waals surface area contributed by atoms with Crippen molar-refractivity contribution in [1.82, 2.24) is 0 Å². The number of hydrogen-bond acceptors (Lipinski definition) is 2. The SMILES string of the molecule is CC(=N)N.CC(=N)N.Cl. The fourth-order valence-corrected chi connectivity index (χ4v) is 0. The van der Waals surface area contributed by atoms with Crippen LogP contribution in [0.1, 0.15) is 13.8 Å². The summed E-state index contributed by atoms with van der Waals surface area (Å²) in [6.07, 6.45) is 0. The van der Waals surface area contributed by atoms with Gasteiger partial charge in [-0.2, -0.15) is 0 Å². The van der Waals surface area contributed by atoms with Gasteiger partial charge in [-0.15, -0.1) is 12.4 Å². The van der Waals surface area contributed by atoms with Gasteiger partial charge in [0.15, 0.2) is 0 Å². The number of nitrogens with one attached hydrogen (secondary N) is 2. The Hall–Kier alpha value is -0.770. The highest BCUT2D eigenvalue weighted by Crippen LogP contribution is 1.36.